The number of carboxylic acid groups (broad SMARTS) is 1. The highest BCUT2D eigenvalue weighted by molar-refractivity contribution is 5.96. The van der Waals surface area contributed by atoms with Gasteiger partial charge in [0, 0.05) is 23.7 Å². The Bertz CT molecular complexity index is 621. The van der Waals surface area contributed by atoms with Crippen LogP contribution in [0.15, 0.2) is 24.3 Å². The van der Waals surface area contributed by atoms with Crippen LogP contribution in [-0.4, -0.2) is 29.4 Å². The lowest BCUT2D eigenvalue weighted by molar-refractivity contribution is -0.136. The number of carbonyl (C=O) groups is 3. The van der Waals surface area contributed by atoms with Crippen LogP contribution in [0.5, 0.6) is 0 Å². The lowest BCUT2D eigenvalue weighted by atomic mass is 9.97. The van der Waals surface area contributed by atoms with Crippen molar-refractivity contribution in [2.45, 2.75) is 32.1 Å². The van der Waals surface area contributed by atoms with Gasteiger partial charge in [-0.3, -0.25) is 14.4 Å². The number of nitrogens with one attached hydrogen (secondary N) is 2. The Morgan fingerprint density at radius 1 is 1.04 bits per heavy atom. The van der Waals surface area contributed by atoms with Crippen molar-refractivity contribution in [3.8, 4) is 0 Å². The molecule has 2 amide bonds. The Kier molecular flexibility index (Phi) is 4.83. The number of rotatable bonds is 8. The first-order chi connectivity index (χ1) is 11.5. The number of amides is 2. The lowest BCUT2D eigenvalue weighted by Crippen LogP contribution is -2.27. The molecule has 2 aliphatic carbocycles. The summed E-state index contributed by atoms with van der Waals surface area (Å²) in [6.45, 7) is 0.0944. The van der Waals surface area contributed by atoms with Crippen LogP contribution < -0.4 is 10.6 Å². The molecule has 0 atom stereocenters. The molecule has 6 nitrogen and oxygen atoms in total. The number of carbonyl (C=O) groups excluding carboxylic acids is 2. The second kappa shape index (κ2) is 7.03. The van der Waals surface area contributed by atoms with Crippen molar-refractivity contribution in [3.05, 3.63) is 29.8 Å². The SMILES string of the molecule is O=C(O)CCNC(=O)c1ccc(NC(=O)C(C2CC2)C2CC2)cc1. The van der Waals surface area contributed by atoms with E-state index in [0.717, 1.165) is 25.7 Å². The van der Waals surface area contributed by atoms with Crippen LogP contribution in [0.25, 0.3) is 0 Å². The second-order valence-electron chi connectivity index (χ2n) is 6.67. The fourth-order valence-corrected chi connectivity index (χ4v) is 3.04. The number of carboxylic acids is 1. The summed E-state index contributed by atoms with van der Waals surface area (Å²) in [6, 6.07) is 6.69. The van der Waals surface area contributed by atoms with Gasteiger partial charge in [0.1, 0.15) is 0 Å². The van der Waals surface area contributed by atoms with E-state index in [4.69, 9.17) is 5.11 Å². The Labute approximate surface area is 140 Å². The first kappa shape index (κ1) is 16.5. The van der Waals surface area contributed by atoms with Gasteiger partial charge in [-0.15, -0.1) is 0 Å². The van der Waals surface area contributed by atoms with Crippen LogP contribution in [-0.2, 0) is 9.59 Å². The minimum atomic E-state index is -0.950. The molecule has 0 bridgehead atoms. The Hall–Kier alpha value is -2.37. The van der Waals surface area contributed by atoms with Crippen molar-refractivity contribution in [1.29, 1.82) is 0 Å². The molecule has 24 heavy (non-hydrogen) atoms. The zero-order valence-electron chi connectivity index (χ0n) is 13.5. The Balaban J connectivity index is 1.53. The largest absolute Gasteiger partial charge is 0.481 e. The topological polar surface area (TPSA) is 95.5 Å². The van der Waals surface area contributed by atoms with E-state index in [1.54, 1.807) is 24.3 Å². The molecule has 0 unspecified atom stereocenters. The maximum atomic E-state index is 12.5. The molecular formula is C18H22N2O4. The van der Waals surface area contributed by atoms with E-state index in [9.17, 15) is 14.4 Å². The van der Waals surface area contributed by atoms with Crippen molar-refractivity contribution >= 4 is 23.5 Å². The van der Waals surface area contributed by atoms with Gasteiger partial charge in [0.15, 0.2) is 0 Å². The van der Waals surface area contributed by atoms with Crippen LogP contribution in [0.2, 0.25) is 0 Å². The molecule has 3 N–H and O–H groups in total. The Morgan fingerprint density at radius 2 is 1.62 bits per heavy atom. The average molecular weight is 330 g/mol. The van der Waals surface area contributed by atoms with Crippen molar-refractivity contribution in [3.63, 3.8) is 0 Å². The fourth-order valence-electron chi connectivity index (χ4n) is 3.04. The molecule has 6 heteroatoms. The smallest absolute Gasteiger partial charge is 0.305 e. The van der Waals surface area contributed by atoms with E-state index >= 15 is 0 Å². The third kappa shape index (κ3) is 4.34. The number of benzene rings is 1. The maximum absolute atomic E-state index is 12.5. The lowest BCUT2D eigenvalue weighted by Gasteiger charge is -2.15. The molecule has 128 valence electrons. The van der Waals surface area contributed by atoms with Crippen LogP contribution in [0.1, 0.15) is 42.5 Å². The van der Waals surface area contributed by atoms with E-state index in [2.05, 4.69) is 10.6 Å². The molecule has 2 aliphatic rings. The normalized spacial score (nSPS) is 16.7. The first-order valence-corrected chi connectivity index (χ1v) is 8.45. The molecule has 2 fully saturated rings. The van der Waals surface area contributed by atoms with Gasteiger partial charge in [0.2, 0.25) is 5.91 Å². The van der Waals surface area contributed by atoms with Gasteiger partial charge in [0.25, 0.3) is 5.91 Å². The van der Waals surface area contributed by atoms with Gasteiger partial charge in [-0.25, -0.2) is 0 Å². The number of hydrogen-bond donors (Lipinski definition) is 3. The van der Waals surface area contributed by atoms with Crippen molar-refractivity contribution < 1.29 is 19.5 Å². The van der Waals surface area contributed by atoms with E-state index in [-0.39, 0.29) is 30.7 Å². The third-order valence-electron chi connectivity index (χ3n) is 4.60. The summed E-state index contributed by atoms with van der Waals surface area (Å²) < 4.78 is 0. The van der Waals surface area contributed by atoms with Gasteiger partial charge in [0.05, 0.1) is 6.42 Å². The highest BCUT2D eigenvalue weighted by atomic mass is 16.4. The number of anilines is 1. The summed E-state index contributed by atoms with van der Waals surface area (Å²) in [4.78, 5) is 34.8. The monoisotopic (exact) mass is 330 g/mol. The molecule has 0 aliphatic heterocycles. The predicted molar refractivity (Wildman–Crippen MR) is 88.6 cm³/mol. The Morgan fingerprint density at radius 3 is 2.12 bits per heavy atom. The summed E-state index contributed by atoms with van der Waals surface area (Å²) >= 11 is 0. The molecule has 0 radical (unpaired) electrons. The van der Waals surface area contributed by atoms with Crippen molar-refractivity contribution in [2.24, 2.45) is 17.8 Å². The van der Waals surface area contributed by atoms with Gasteiger partial charge < -0.3 is 15.7 Å². The average Bonchev–Trinajstić information content (AvgIpc) is 3.43. The molecule has 1 aromatic carbocycles. The maximum Gasteiger partial charge on any atom is 0.305 e. The molecular weight excluding hydrogens is 308 g/mol. The highest BCUT2D eigenvalue weighted by Crippen LogP contribution is 2.49. The van der Waals surface area contributed by atoms with Gasteiger partial charge in [-0.05, 0) is 61.8 Å². The van der Waals surface area contributed by atoms with Gasteiger partial charge in [-0.2, -0.15) is 0 Å². The standard InChI is InChI=1S/C18H22N2O4/c21-15(22)9-10-19-17(23)13-5-7-14(8-6-13)20-18(24)16(11-1-2-11)12-3-4-12/h5-8,11-12,16H,1-4,9-10H2,(H,19,23)(H,20,24)(H,21,22). The number of aliphatic carboxylic acids is 1. The fraction of sp³-hybridized carbons (Fsp3) is 0.500. The summed E-state index contributed by atoms with van der Waals surface area (Å²) in [7, 11) is 0. The molecule has 0 aromatic heterocycles. The summed E-state index contributed by atoms with van der Waals surface area (Å²) in [5.74, 6) is 0.0772. The molecule has 0 spiro atoms. The van der Waals surface area contributed by atoms with Crippen molar-refractivity contribution in [2.75, 3.05) is 11.9 Å². The van der Waals surface area contributed by atoms with Crippen LogP contribution in [0.3, 0.4) is 0 Å². The number of hydrogen-bond acceptors (Lipinski definition) is 3. The van der Waals surface area contributed by atoms with E-state index < -0.39 is 5.97 Å². The molecule has 2 saturated carbocycles. The quantitative estimate of drug-likeness (QED) is 0.681. The molecule has 3 rings (SSSR count). The second-order valence-corrected chi connectivity index (χ2v) is 6.67. The van der Waals surface area contributed by atoms with Crippen LogP contribution in [0.4, 0.5) is 5.69 Å². The van der Waals surface area contributed by atoms with Gasteiger partial charge in [-0.1, -0.05) is 0 Å². The minimum absolute atomic E-state index is 0.0944. The summed E-state index contributed by atoms with van der Waals surface area (Å²) in [6.07, 6.45) is 4.52. The van der Waals surface area contributed by atoms with E-state index in [1.165, 1.54) is 0 Å². The van der Waals surface area contributed by atoms with Crippen LogP contribution in [0, 0.1) is 17.8 Å². The first-order valence-electron chi connectivity index (χ1n) is 8.45. The molecule has 0 saturated heterocycles. The van der Waals surface area contributed by atoms with E-state index in [0.29, 0.717) is 23.1 Å². The van der Waals surface area contributed by atoms with E-state index in [1.807, 2.05) is 0 Å². The minimum Gasteiger partial charge on any atom is -0.481 e. The highest BCUT2D eigenvalue weighted by Gasteiger charge is 2.45. The predicted octanol–water partition coefficient (Wildman–Crippen LogP) is 2.27. The molecule has 1 aromatic rings. The molecule has 0 heterocycles. The van der Waals surface area contributed by atoms with Crippen molar-refractivity contribution in [1.82, 2.24) is 5.32 Å². The zero-order valence-corrected chi connectivity index (χ0v) is 13.5. The summed E-state index contributed by atoms with van der Waals surface area (Å²) in [5, 5.41) is 14.1. The zero-order chi connectivity index (χ0) is 17.1. The van der Waals surface area contributed by atoms with Gasteiger partial charge >= 0.3 is 5.97 Å². The van der Waals surface area contributed by atoms with Crippen LogP contribution >= 0.6 is 0 Å². The summed E-state index contributed by atoms with van der Waals surface area (Å²) in [5.41, 5.74) is 1.13. The third-order valence-corrected chi connectivity index (χ3v) is 4.60.